The zero-order valence-electron chi connectivity index (χ0n) is 53.3. The van der Waals surface area contributed by atoms with Crippen molar-refractivity contribution in [3.05, 3.63) is 173 Å². The van der Waals surface area contributed by atoms with E-state index in [1.807, 2.05) is 107 Å². The second-order valence-corrected chi connectivity index (χ2v) is 26.3. The van der Waals surface area contributed by atoms with Crippen molar-refractivity contribution in [2.75, 3.05) is 166 Å². The summed E-state index contributed by atoms with van der Waals surface area (Å²) in [7, 11) is 10.3. The number of likely N-dealkylation sites (N-methyl/N-ethyl adjacent to an activating group) is 4. The number of rotatable bonds is 23. The number of nitrogens with two attached hydrogens (primary N) is 2. The monoisotopic (exact) mass is 1300 g/mol. The molecule has 0 fully saturated rings. The molecule has 482 valence electrons. The lowest BCUT2D eigenvalue weighted by Gasteiger charge is -2.32. The number of hydrogen-bond donors (Lipinski definition) is 6. The van der Waals surface area contributed by atoms with Gasteiger partial charge in [-0.05, 0) is 159 Å². The Kier molecular flexibility index (Phi) is 25.7. The first-order valence-electron chi connectivity index (χ1n) is 31.0. The highest BCUT2D eigenvalue weighted by Gasteiger charge is 2.23. The Bertz CT molecular complexity index is 3600. The first-order chi connectivity index (χ1) is 44.3. The number of anilines is 4. The molecule has 8 N–H and O–H groups in total. The zero-order valence-corrected chi connectivity index (χ0v) is 56.6. The third-order valence-electron chi connectivity index (χ3n) is 15.3. The Morgan fingerprint density at radius 1 is 0.484 bits per heavy atom. The summed E-state index contributed by atoms with van der Waals surface area (Å²) < 4.78 is 23.2. The van der Waals surface area contributed by atoms with Crippen molar-refractivity contribution in [1.29, 1.82) is 10.8 Å². The molecule has 4 aliphatic heterocycles. The second-order valence-electron chi connectivity index (χ2n) is 22.5. The predicted molar refractivity (Wildman–Crippen MR) is 385 cm³/mol. The Labute approximate surface area is 553 Å². The van der Waals surface area contributed by atoms with Crippen molar-refractivity contribution >= 4 is 103 Å². The van der Waals surface area contributed by atoms with Gasteiger partial charge in [-0.3, -0.25) is 0 Å². The highest BCUT2D eigenvalue weighted by atomic mass is 32.1. The maximum atomic E-state index is 8.23. The van der Waals surface area contributed by atoms with Crippen molar-refractivity contribution < 1.29 is 18.9 Å². The summed E-state index contributed by atoms with van der Waals surface area (Å²) in [6.45, 7) is 17.6. The average Bonchev–Trinajstić information content (AvgIpc) is 1.40. The fraction of sp³-hybridized carbons (Fsp3) is 0.362. The molecule has 0 bridgehead atoms. The van der Waals surface area contributed by atoms with Gasteiger partial charge < -0.3 is 81.3 Å². The number of hydrogen-bond acceptors (Lipinski definition) is 20. The average molecular weight is 1310 g/mol. The van der Waals surface area contributed by atoms with Crippen LogP contribution in [0.25, 0.3) is 0 Å². The van der Waals surface area contributed by atoms with E-state index in [0.717, 1.165) is 188 Å². The third-order valence-corrected chi connectivity index (χ3v) is 18.9. The van der Waals surface area contributed by atoms with Crippen LogP contribution in [0.2, 0.25) is 0 Å². The Hall–Kier alpha value is -7.80. The lowest BCUT2D eigenvalue weighted by molar-refractivity contribution is 0.302. The standard InChI is InChI=1S/2C18H23N3OS.C17H22N4OS.C16H20N4OS/c1-20(2)7-8-21-9-10-22-17-13-14(5-6-16(17)21)12-15(19)18-4-3-11-23-18;1-2-20-7-8-21-9-10-22-17-13-14(5-6-16(17)21)12-15(19)18-4-3-11-23-18;1-20(2)7-8-21-9-10-22-15-6-5-13(12-14(15)21)19-17(18)16-4-3-11-23-16;1-18-6-7-20-8-9-21-14-5-4-12(11-13(14)20)19-16(17)15-3-2-10-22-15/h3-6,11,13,19H,7-10,12H2,1-2H3;3-6,11,13,19-20H,2,7-10,12H2,1H3;3-6,11-12H,7-10H2,1-2H3,(H2,18,19);2-5,10-11,18H,6-9H2,1H3,(H2,17,19). The van der Waals surface area contributed by atoms with Gasteiger partial charge in [0.25, 0.3) is 0 Å². The van der Waals surface area contributed by atoms with Gasteiger partial charge >= 0.3 is 0 Å². The minimum atomic E-state index is 0.549. The molecular weight excluding hydrogens is 1220 g/mol. The molecule has 12 rings (SSSR count). The van der Waals surface area contributed by atoms with Gasteiger partial charge in [0.05, 0.1) is 81.5 Å². The van der Waals surface area contributed by atoms with Crippen LogP contribution < -0.4 is 60.6 Å². The van der Waals surface area contributed by atoms with Crippen molar-refractivity contribution in [1.82, 2.24) is 20.4 Å². The van der Waals surface area contributed by atoms with Crippen molar-refractivity contribution in [3.8, 4) is 23.0 Å². The topological polar surface area (TPSA) is 205 Å². The minimum Gasteiger partial charge on any atom is -0.490 e. The molecule has 8 heterocycles. The van der Waals surface area contributed by atoms with Gasteiger partial charge in [-0.25, -0.2) is 9.98 Å². The largest absolute Gasteiger partial charge is 0.490 e. The molecule has 18 nitrogen and oxygen atoms in total. The van der Waals surface area contributed by atoms with E-state index in [2.05, 4.69) is 128 Å². The van der Waals surface area contributed by atoms with E-state index in [1.165, 1.54) is 11.4 Å². The Balaban J connectivity index is 0.000000144. The molecule has 0 atom stereocenters. The molecule has 0 saturated carbocycles. The number of ether oxygens (including phenoxy) is 4. The quantitative estimate of drug-likeness (QED) is 0.0200. The van der Waals surface area contributed by atoms with Gasteiger partial charge in [0.2, 0.25) is 0 Å². The Morgan fingerprint density at radius 2 is 0.868 bits per heavy atom. The number of nitrogens with zero attached hydrogens (tertiary/aromatic N) is 8. The van der Waals surface area contributed by atoms with Gasteiger partial charge in [0.1, 0.15) is 61.1 Å². The van der Waals surface area contributed by atoms with Gasteiger partial charge in [0.15, 0.2) is 0 Å². The van der Waals surface area contributed by atoms with Crippen LogP contribution in [0.15, 0.2) is 153 Å². The molecule has 0 saturated heterocycles. The molecule has 91 heavy (non-hydrogen) atoms. The van der Waals surface area contributed by atoms with E-state index in [-0.39, 0.29) is 0 Å². The van der Waals surface area contributed by atoms with E-state index >= 15 is 0 Å². The SMILES string of the molecule is CCNCCN1CCOc2cc(CC(=N)c3cccs3)ccc21.CN(C)CCN1CCOc2cc(CC(=N)c3cccs3)ccc21.CN(C)CCN1CCOc2ccc(N=C(N)c3cccs3)cc21.CNCCN1CCOc2ccc(N=C(N)c3cccs3)cc21. The summed E-state index contributed by atoms with van der Waals surface area (Å²) in [4.78, 5) is 26.9. The van der Waals surface area contributed by atoms with Crippen LogP contribution in [0.4, 0.5) is 34.1 Å². The summed E-state index contributed by atoms with van der Waals surface area (Å²) >= 11 is 6.43. The first kappa shape index (κ1) is 67.6. The highest BCUT2D eigenvalue weighted by Crippen LogP contribution is 2.38. The number of fused-ring (bicyclic) bond motifs is 4. The molecule has 4 aromatic carbocycles. The second kappa shape index (κ2) is 34.6. The van der Waals surface area contributed by atoms with Gasteiger partial charge in [-0.1, -0.05) is 43.3 Å². The molecule has 4 aliphatic rings. The fourth-order valence-corrected chi connectivity index (χ4v) is 13.1. The lowest BCUT2D eigenvalue weighted by atomic mass is 10.1. The molecule has 8 aromatic rings. The molecule has 0 spiro atoms. The van der Waals surface area contributed by atoms with Crippen LogP contribution >= 0.6 is 45.3 Å². The molecule has 4 aromatic heterocycles. The van der Waals surface area contributed by atoms with Crippen molar-refractivity contribution in [2.45, 2.75) is 19.8 Å². The maximum Gasteiger partial charge on any atom is 0.142 e. The predicted octanol–water partition coefficient (Wildman–Crippen LogP) is 11.0. The van der Waals surface area contributed by atoms with Crippen LogP contribution in [0.3, 0.4) is 0 Å². The van der Waals surface area contributed by atoms with Crippen molar-refractivity contribution in [2.24, 2.45) is 21.5 Å². The number of thiophene rings is 4. The zero-order chi connectivity index (χ0) is 63.9. The van der Waals surface area contributed by atoms with Crippen LogP contribution in [0.1, 0.15) is 37.6 Å². The summed E-state index contributed by atoms with van der Waals surface area (Å²) in [6, 6.07) is 40.6. The fourth-order valence-electron chi connectivity index (χ4n) is 10.5. The summed E-state index contributed by atoms with van der Waals surface area (Å²) in [5.41, 5.74) is 22.0. The molecule has 0 unspecified atom stereocenters. The van der Waals surface area contributed by atoms with E-state index in [0.29, 0.717) is 35.9 Å². The smallest absolute Gasteiger partial charge is 0.142 e. The van der Waals surface area contributed by atoms with E-state index in [1.54, 1.807) is 45.3 Å². The molecule has 0 aliphatic carbocycles. The summed E-state index contributed by atoms with van der Waals surface area (Å²) in [5, 5.41) is 31.0. The van der Waals surface area contributed by atoms with E-state index < -0.39 is 0 Å². The summed E-state index contributed by atoms with van der Waals surface area (Å²) in [5.74, 6) is 4.83. The van der Waals surface area contributed by atoms with Gasteiger partial charge in [-0.15, -0.1) is 45.3 Å². The van der Waals surface area contributed by atoms with Crippen LogP contribution in [0, 0.1) is 10.8 Å². The normalized spacial score (nSPS) is 14.2. The van der Waals surface area contributed by atoms with Gasteiger partial charge in [-0.2, -0.15) is 0 Å². The van der Waals surface area contributed by atoms with E-state index in [9.17, 15) is 0 Å². The van der Waals surface area contributed by atoms with Crippen molar-refractivity contribution in [3.63, 3.8) is 0 Å². The highest BCUT2D eigenvalue weighted by molar-refractivity contribution is 7.13. The van der Waals surface area contributed by atoms with Gasteiger partial charge in [0, 0.05) is 75.0 Å². The number of nitrogens with one attached hydrogen (secondary N) is 4. The number of amidine groups is 2. The number of aliphatic imine (C=N–C) groups is 2. The lowest BCUT2D eigenvalue weighted by Crippen LogP contribution is -2.37. The molecular formula is C69H88N14O4S4. The third kappa shape index (κ3) is 19.9. The molecule has 22 heteroatoms. The Morgan fingerprint density at radius 3 is 1.26 bits per heavy atom. The van der Waals surface area contributed by atoms with Crippen LogP contribution in [0.5, 0.6) is 23.0 Å². The molecule has 0 radical (unpaired) electrons. The molecule has 0 amide bonds. The first-order valence-corrected chi connectivity index (χ1v) is 34.5. The van der Waals surface area contributed by atoms with E-state index in [4.69, 9.17) is 41.2 Å². The van der Waals surface area contributed by atoms with Crippen LogP contribution in [-0.4, -0.2) is 180 Å². The maximum absolute atomic E-state index is 8.23. The summed E-state index contributed by atoms with van der Waals surface area (Å²) in [6.07, 6.45) is 1.30. The minimum absolute atomic E-state index is 0.549. The van der Waals surface area contributed by atoms with Crippen LogP contribution in [-0.2, 0) is 12.8 Å². The number of benzene rings is 4.